The fourth-order valence-electron chi connectivity index (χ4n) is 2.13. The standard InChI is InChI=1S/C13H17N3O2/c1-16-5-2-11(9-16)8-15-12(17)13(10-14)3-6-18-7-4-13/h2,5,9H,3-4,6-8H2,1H3,(H,15,17). The Labute approximate surface area is 106 Å². The maximum Gasteiger partial charge on any atom is 0.240 e. The molecule has 1 aromatic rings. The third kappa shape index (κ3) is 2.54. The quantitative estimate of drug-likeness (QED) is 0.865. The van der Waals surface area contributed by atoms with Gasteiger partial charge in [-0.25, -0.2) is 0 Å². The second-order valence-electron chi connectivity index (χ2n) is 4.67. The third-order valence-corrected chi connectivity index (χ3v) is 3.34. The van der Waals surface area contributed by atoms with Crippen LogP contribution in [0.5, 0.6) is 0 Å². The van der Waals surface area contributed by atoms with Crippen LogP contribution in [0.25, 0.3) is 0 Å². The van der Waals surface area contributed by atoms with E-state index in [1.807, 2.05) is 30.1 Å². The zero-order valence-electron chi connectivity index (χ0n) is 10.5. The summed E-state index contributed by atoms with van der Waals surface area (Å²) in [5.74, 6) is -0.183. The largest absolute Gasteiger partial charge is 0.381 e. The Morgan fingerprint density at radius 3 is 2.89 bits per heavy atom. The minimum Gasteiger partial charge on any atom is -0.381 e. The number of nitriles is 1. The number of aryl methyl sites for hydroxylation is 1. The van der Waals surface area contributed by atoms with Gasteiger partial charge in [0, 0.05) is 39.2 Å². The SMILES string of the molecule is Cn1ccc(CNC(=O)C2(C#N)CCOCC2)c1. The van der Waals surface area contributed by atoms with Crippen molar-refractivity contribution in [2.24, 2.45) is 12.5 Å². The van der Waals surface area contributed by atoms with Gasteiger partial charge in [-0.2, -0.15) is 5.26 Å². The highest BCUT2D eigenvalue weighted by Gasteiger charge is 2.40. The number of nitrogens with zero attached hydrogens (tertiary/aromatic N) is 2. The molecule has 5 nitrogen and oxygen atoms in total. The molecule has 2 rings (SSSR count). The number of hydrogen-bond donors (Lipinski definition) is 1. The Morgan fingerprint density at radius 1 is 1.61 bits per heavy atom. The van der Waals surface area contributed by atoms with Crippen LogP contribution in [-0.2, 0) is 23.1 Å². The number of rotatable bonds is 3. The normalized spacial score (nSPS) is 18.0. The minimum atomic E-state index is -0.910. The van der Waals surface area contributed by atoms with Gasteiger partial charge in [0.1, 0.15) is 5.41 Å². The summed E-state index contributed by atoms with van der Waals surface area (Å²) in [5.41, 5.74) is 0.124. The molecule has 1 aromatic heterocycles. The number of carbonyl (C=O) groups is 1. The number of hydrogen-bond acceptors (Lipinski definition) is 3. The maximum atomic E-state index is 12.1. The molecule has 0 bridgehead atoms. The van der Waals surface area contributed by atoms with E-state index in [0.29, 0.717) is 32.6 Å². The molecule has 1 amide bonds. The second kappa shape index (κ2) is 5.23. The van der Waals surface area contributed by atoms with E-state index < -0.39 is 5.41 Å². The lowest BCUT2D eigenvalue weighted by atomic mass is 9.81. The van der Waals surface area contributed by atoms with Gasteiger partial charge < -0.3 is 14.6 Å². The molecule has 0 unspecified atom stereocenters. The summed E-state index contributed by atoms with van der Waals surface area (Å²) in [5, 5.41) is 12.1. The molecule has 0 saturated carbocycles. The number of nitrogens with one attached hydrogen (secondary N) is 1. The first-order chi connectivity index (χ1) is 8.66. The van der Waals surface area contributed by atoms with Crippen LogP contribution < -0.4 is 5.32 Å². The molecule has 96 valence electrons. The van der Waals surface area contributed by atoms with Gasteiger partial charge in [0.15, 0.2) is 0 Å². The Bertz CT molecular complexity index is 467. The zero-order chi connectivity index (χ0) is 13.0. The van der Waals surface area contributed by atoms with Crippen molar-refractivity contribution in [3.8, 4) is 6.07 Å². The van der Waals surface area contributed by atoms with Crippen LogP contribution in [0.3, 0.4) is 0 Å². The molecular weight excluding hydrogens is 230 g/mol. The van der Waals surface area contributed by atoms with Crippen molar-refractivity contribution < 1.29 is 9.53 Å². The smallest absolute Gasteiger partial charge is 0.240 e. The summed E-state index contributed by atoms with van der Waals surface area (Å²) in [6.07, 6.45) is 4.83. The van der Waals surface area contributed by atoms with E-state index in [-0.39, 0.29) is 5.91 Å². The highest BCUT2D eigenvalue weighted by molar-refractivity contribution is 5.85. The lowest BCUT2D eigenvalue weighted by molar-refractivity contribution is -0.132. The monoisotopic (exact) mass is 247 g/mol. The van der Waals surface area contributed by atoms with Gasteiger partial charge in [-0.3, -0.25) is 4.79 Å². The van der Waals surface area contributed by atoms with Gasteiger partial charge >= 0.3 is 0 Å². The number of aromatic nitrogens is 1. The molecule has 0 aliphatic carbocycles. The second-order valence-corrected chi connectivity index (χ2v) is 4.67. The van der Waals surface area contributed by atoms with Crippen molar-refractivity contribution in [3.05, 3.63) is 24.0 Å². The van der Waals surface area contributed by atoms with Crippen LogP contribution in [-0.4, -0.2) is 23.7 Å². The molecule has 1 aliphatic heterocycles. The van der Waals surface area contributed by atoms with E-state index in [9.17, 15) is 10.1 Å². The van der Waals surface area contributed by atoms with Gasteiger partial charge in [0.05, 0.1) is 6.07 Å². The van der Waals surface area contributed by atoms with Gasteiger partial charge in [-0.15, -0.1) is 0 Å². The molecule has 0 aromatic carbocycles. The molecule has 1 N–H and O–H groups in total. The Morgan fingerprint density at radius 2 is 2.33 bits per heavy atom. The Hall–Kier alpha value is -1.80. The first-order valence-electron chi connectivity index (χ1n) is 6.04. The van der Waals surface area contributed by atoms with Crippen molar-refractivity contribution in [1.82, 2.24) is 9.88 Å². The molecule has 0 atom stereocenters. The molecule has 1 saturated heterocycles. The van der Waals surface area contributed by atoms with Crippen molar-refractivity contribution in [2.45, 2.75) is 19.4 Å². The minimum absolute atomic E-state index is 0.183. The average molecular weight is 247 g/mol. The first-order valence-corrected chi connectivity index (χ1v) is 6.04. The lowest BCUT2D eigenvalue weighted by Crippen LogP contribution is -2.43. The Balaban J connectivity index is 1.96. The van der Waals surface area contributed by atoms with Crippen molar-refractivity contribution >= 4 is 5.91 Å². The van der Waals surface area contributed by atoms with Gasteiger partial charge in [0.2, 0.25) is 5.91 Å². The highest BCUT2D eigenvalue weighted by Crippen LogP contribution is 2.29. The highest BCUT2D eigenvalue weighted by atomic mass is 16.5. The van der Waals surface area contributed by atoms with E-state index in [2.05, 4.69) is 11.4 Å². The van der Waals surface area contributed by atoms with Gasteiger partial charge in [-0.05, 0) is 24.5 Å². The fraction of sp³-hybridized carbons (Fsp3) is 0.538. The predicted octanol–water partition coefficient (Wildman–Crippen LogP) is 0.962. The molecule has 1 aliphatic rings. The average Bonchev–Trinajstić information content (AvgIpc) is 2.82. The van der Waals surface area contributed by atoms with Gasteiger partial charge in [0.25, 0.3) is 0 Å². The van der Waals surface area contributed by atoms with Crippen LogP contribution in [0.1, 0.15) is 18.4 Å². The molecule has 0 spiro atoms. The first kappa shape index (κ1) is 12.7. The van der Waals surface area contributed by atoms with E-state index in [1.165, 1.54) is 0 Å². The molecular formula is C13H17N3O2. The topological polar surface area (TPSA) is 67.0 Å². The fourth-order valence-corrected chi connectivity index (χ4v) is 2.13. The van der Waals surface area contributed by atoms with E-state index in [4.69, 9.17) is 4.74 Å². The van der Waals surface area contributed by atoms with Crippen molar-refractivity contribution in [1.29, 1.82) is 5.26 Å². The molecule has 1 fully saturated rings. The predicted molar refractivity (Wildman–Crippen MR) is 65.4 cm³/mol. The summed E-state index contributed by atoms with van der Waals surface area (Å²) < 4.78 is 7.13. The van der Waals surface area contributed by atoms with Crippen molar-refractivity contribution in [3.63, 3.8) is 0 Å². The summed E-state index contributed by atoms with van der Waals surface area (Å²) >= 11 is 0. The summed E-state index contributed by atoms with van der Waals surface area (Å²) in [7, 11) is 1.93. The lowest BCUT2D eigenvalue weighted by Gasteiger charge is -2.29. The zero-order valence-corrected chi connectivity index (χ0v) is 10.5. The summed E-state index contributed by atoms with van der Waals surface area (Å²) in [6, 6.07) is 4.11. The van der Waals surface area contributed by atoms with Crippen LogP contribution in [0.2, 0.25) is 0 Å². The molecule has 18 heavy (non-hydrogen) atoms. The summed E-state index contributed by atoms with van der Waals surface area (Å²) in [4.78, 5) is 12.1. The van der Waals surface area contributed by atoms with Crippen molar-refractivity contribution in [2.75, 3.05) is 13.2 Å². The van der Waals surface area contributed by atoms with Crippen LogP contribution in [0, 0.1) is 16.7 Å². The summed E-state index contributed by atoms with van der Waals surface area (Å²) in [6.45, 7) is 1.42. The molecule has 5 heteroatoms. The van der Waals surface area contributed by atoms with E-state index in [0.717, 1.165) is 5.56 Å². The van der Waals surface area contributed by atoms with Crippen LogP contribution in [0.4, 0.5) is 0 Å². The maximum absolute atomic E-state index is 12.1. The number of ether oxygens (including phenoxy) is 1. The van der Waals surface area contributed by atoms with Crippen LogP contribution >= 0.6 is 0 Å². The molecule has 0 radical (unpaired) electrons. The van der Waals surface area contributed by atoms with Gasteiger partial charge in [-0.1, -0.05) is 0 Å². The number of carbonyl (C=O) groups excluding carboxylic acids is 1. The third-order valence-electron chi connectivity index (χ3n) is 3.34. The van der Waals surface area contributed by atoms with E-state index in [1.54, 1.807) is 0 Å². The Kier molecular flexibility index (Phi) is 3.68. The van der Waals surface area contributed by atoms with Crippen LogP contribution in [0.15, 0.2) is 18.5 Å². The number of amides is 1. The molecule has 2 heterocycles. The van der Waals surface area contributed by atoms with E-state index >= 15 is 0 Å².